The van der Waals surface area contributed by atoms with Gasteiger partial charge in [-0.15, -0.1) is 0 Å². The Labute approximate surface area is 99.6 Å². The SMILES string of the molecule is COCCN(c1ncccc1Br)C(C)C. The standard InChI is InChI=1S/C11H17BrN2O/c1-9(2)14(7-8-15-3)11-10(12)5-4-6-13-11/h4-6,9H,7-8H2,1-3H3. The Morgan fingerprint density at radius 3 is 2.80 bits per heavy atom. The van der Waals surface area contributed by atoms with E-state index >= 15 is 0 Å². The molecule has 0 saturated heterocycles. The third-order valence-electron chi connectivity index (χ3n) is 2.17. The van der Waals surface area contributed by atoms with Crippen molar-refractivity contribution in [3.8, 4) is 0 Å². The molecule has 1 aromatic heterocycles. The van der Waals surface area contributed by atoms with Crippen molar-refractivity contribution in [2.75, 3.05) is 25.2 Å². The van der Waals surface area contributed by atoms with Gasteiger partial charge in [0, 0.05) is 25.9 Å². The number of hydrogen-bond acceptors (Lipinski definition) is 3. The lowest BCUT2D eigenvalue weighted by Gasteiger charge is -2.28. The van der Waals surface area contributed by atoms with E-state index in [1.54, 1.807) is 7.11 Å². The van der Waals surface area contributed by atoms with E-state index in [-0.39, 0.29) is 0 Å². The van der Waals surface area contributed by atoms with Crippen LogP contribution in [0.15, 0.2) is 22.8 Å². The van der Waals surface area contributed by atoms with Gasteiger partial charge in [0.25, 0.3) is 0 Å². The predicted octanol–water partition coefficient (Wildman–Crippen LogP) is 2.71. The first-order valence-corrected chi connectivity index (χ1v) is 5.82. The molecule has 84 valence electrons. The maximum absolute atomic E-state index is 5.10. The van der Waals surface area contributed by atoms with Gasteiger partial charge >= 0.3 is 0 Å². The number of ether oxygens (including phenoxy) is 1. The average Bonchev–Trinajstić information content (AvgIpc) is 2.20. The Balaban J connectivity index is 2.84. The van der Waals surface area contributed by atoms with Gasteiger partial charge in [-0.3, -0.25) is 0 Å². The molecule has 3 nitrogen and oxygen atoms in total. The van der Waals surface area contributed by atoms with Gasteiger partial charge in [-0.2, -0.15) is 0 Å². The molecule has 0 radical (unpaired) electrons. The van der Waals surface area contributed by atoms with Crippen LogP contribution in [0.2, 0.25) is 0 Å². The minimum absolute atomic E-state index is 0.409. The molecule has 1 aromatic rings. The molecule has 0 aromatic carbocycles. The van der Waals surface area contributed by atoms with E-state index in [0.29, 0.717) is 12.6 Å². The monoisotopic (exact) mass is 272 g/mol. The number of pyridine rings is 1. The van der Waals surface area contributed by atoms with Gasteiger partial charge in [0.15, 0.2) is 0 Å². The predicted molar refractivity (Wildman–Crippen MR) is 66.3 cm³/mol. The van der Waals surface area contributed by atoms with Gasteiger partial charge in [-0.05, 0) is 41.9 Å². The van der Waals surface area contributed by atoms with Crippen LogP contribution in [-0.4, -0.2) is 31.3 Å². The van der Waals surface area contributed by atoms with Crippen LogP contribution in [0.3, 0.4) is 0 Å². The molecule has 15 heavy (non-hydrogen) atoms. The molecule has 0 aliphatic carbocycles. The Morgan fingerprint density at radius 2 is 2.27 bits per heavy atom. The highest BCUT2D eigenvalue weighted by Crippen LogP contribution is 2.24. The molecule has 0 N–H and O–H groups in total. The van der Waals surface area contributed by atoms with Crippen molar-refractivity contribution in [3.63, 3.8) is 0 Å². The molecule has 0 atom stereocenters. The summed E-state index contributed by atoms with van der Waals surface area (Å²) in [6.07, 6.45) is 1.81. The van der Waals surface area contributed by atoms with Gasteiger partial charge in [0.2, 0.25) is 0 Å². The van der Waals surface area contributed by atoms with Gasteiger partial charge in [-0.1, -0.05) is 0 Å². The lowest BCUT2D eigenvalue weighted by Crippen LogP contribution is -2.34. The number of aromatic nitrogens is 1. The van der Waals surface area contributed by atoms with Crippen LogP contribution in [-0.2, 0) is 4.74 Å². The minimum Gasteiger partial charge on any atom is -0.383 e. The summed E-state index contributed by atoms with van der Waals surface area (Å²) in [7, 11) is 1.71. The van der Waals surface area contributed by atoms with E-state index in [1.807, 2.05) is 18.3 Å². The fraction of sp³-hybridized carbons (Fsp3) is 0.545. The van der Waals surface area contributed by atoms with E-state index in [0.717, 1.165) is 16.8 Å². The molecular formula is C11H17BrN2O. The summed E-state index contributed by atoms with van der Waals surface area (Å²) < 4.78 is 6.12. The number of anilines is 1. The van der Waals surface area contributed by atoms with Crippen molar-refractivity contribution in [3.05, 3.63) is 22.8 Å². The van der Waals surface area contributed by atoms with Crippen LogP contribution in [0.5, 0.6) is 0 Å². The molecule has 0 amide bonds. The van der Waals surface area contributed by atoms with Crippen molar-refractivity contribution >= 4 is 21.7 Å². The minimum atomic E-state index is 0.409. The molecule has 0 aliphatic rings. The third-order valence-corrected chi connectivity index (χ3v) is 2.79. The van der Waals surface area contributed by atoms with Crippen molar-refractivity contribution in [2.45, 2.75) is 19.9 Å². The highest BCUT2D eigenvalue weighted by molar-refractivity contribution is 9.10. The number of methoxy groups -OCH3 is 1. The fourth-order valence-corrected chi connectivity index (χ4v) is 1.87. The number of hydrogen-bond donors (Lipinski definition) is 0. The van der Waals surface area contributed by atoms with Crippen LogP contribution in [0, 0.1) is 0 Å². The molecule has 0 spiro atoms. The smallest absolute Gasteiger partial charge is 0.143 e. The summed E-state index contributed by atoms with van der Waals surface area (Å²) in [5.74, 6) is 0.976. The van der Waals surface area contributed by atoms with E-state index < -0.39 is 0 Å². The van der Waals surface area contributed by atoms with Gasteiger partial charge in [0.1, 0.15) is 5.82 Å². The molecule has 0 saturated carbocycles. The number of rotatable bonds is 5. The van der Waals surface area contributed by atoms with E-state index in [9.17, 15) is 0 Å². The first-order chi connectivity index (χ1) is 7.16. The quantitative estimate of drug-likeness (QED) is 0.824. The van der Waals surface area contributed by atoms with Gasteiger partial charge in [-0.25, -0.2) is 4.98 Å². The zero-order chi connectivity index (χ0) is 11.3. The highest BCUT2D eigenvalue weighted by atomic mass is 79.9. The maximum Gasteiger partial charge on any atom is 0.143 e. The third kappa shape index (κ3) is 3.47. The molecule has 0 bridgehead atoms. The maximum atomic E-state index is 5.10. The second-order valence-corrected chi connectivity index (χ2v) is 4.44. The summed E-state index contributed by atoms with van der Waals surface area (Å²) in [4.78, 5) is 6.59. The molecule has 0 unspecified atom stereocenters. The van der Waals surface area contributed by atoms with E-state index in [1.165, 1.54) is 0 Å². The number of halogens is 1. The normalized spacial score (nSPS) is 10.7. The fourth-order valence-electron chi connectivity index (χ4n) is 1.39. The Kier molecular flexibility index (Phi) is 5.05. The van der Waals surface area contributed by atoms with Crippen LogP contribution in [0.1, 0.15) is 13.8 Å². The van der Waals surface area contributed by atoms with Crippen LogP contribution < -0.4 is 4.90 Å². The largest absolute Gasteiger partial charge is 0.383 e. The van der Waals surface area contributed by atoms with Crippen LogP contribution in [0.4, 0.5) is 5.82 Å². The first kappa shape index (κ1) is 12.5. The molecule has 0 fully saturated rings. The van der Waals surface area contributed by atoms with Crippen LogP contribution >= 0.6 is 15.9 Å². The summed E-state index contributed by atoms with van der Waals surface area (Å²) in [6, 6.07) is 4.33. The Bertz CT molecular complexity index is 304. The zero-order valence-electron chi connectivity index (χ0n) is 9.40. The Hall–Kier alpha value is -0.610. The van der Waals surface area contributed by atoms with Gasteiger partial charge in [0.05, 0.1) is 11.1 Å². The van der Waals surface area contributed by atoms with Crippen molar-refractivity contribution < 1.29 is 4.74 Å². The number of nitrogens with zero attached hydrogens (tertiary/aromatic N) is 2. The second kappa shape index (κ2) is 6.08. The van der Waals surface area contributed by atoms with Crippen molar-refractivity contribution in [1.29, 1.82) is 0 Å². The lowest BCUT2D eigenvalue weighted by atomic mass is 10.3. The zero-order valence-corrected chi connectivity index (χ0v) is 11.0. The van der Waals surface area contributed by atoms with Crippen molar-refractivity contribution in [2.24, 2.45) is 0 Å². The molecule has 1 rings (SSSR count). The van der Waals surface area contributed by atoms with E-state index in [4.69, 9.17) is 4.74 Å². The summed E-state index contributed by atoms with van der Waals surface area (Å²) in [5.41, 5.74) is 0. The molecule has 0 aliphatic heterocycles. The van der Waals surface area contributed by atoms with E-state index in [2.05, 4.69) is 39.7 Å². The first-order valence-electron chi connectivity index (χ1n) is 5.03. The topological polar surface area (TPSA) is 25.4 Å². The Morgan fingerprint density at radius 1 is 1.53 bits per heavy atom. The molecule has 4 heteroatoms. The summed E-state index contributed by atoms with van der Waals surface area (Å²) in [6.45, 7) is 5.86. The molecule has 1 heterocycles. The summed E-state index contributed by atoms with van der Waals surface area (Å²) in [5, 5.41) is 0. The van der Waals surface area contributed by atoms with Gasteiger partial charge < -0.3 is 9.64 Å². The highest BCUT2D eigenvalue weighted by Gasteiger charge is 2.13. The average molecular weight is 273 g/mol. The summed E-state index contributed by atoms with van der Waals surface area (Å²) >= 11 is 3.51. The molecular weight excluding hydrogens is 256 g/mol. The van der Waals surface area contributed by atoms with Crippen molar-refractivity contribution in [1.82, 2.24) is 4.98 Å². The lowest BCUT2D eigenvalue weighted by molar-refractivity contribution is 0.203. The second-order valence-electron chi connectivity index (χ2n) is 3.59. The van der Waals surface area contributed by atoms with Crippen LogP contribution in [0.25, 0.3) is 0 Å².